The standard InChI is InChI=1S/C25H32N4O5S2/c1-19-16-21(24-6-4-5-7-25(24)27-19)18-34-22-8-10-23(11-9-22)36(32,33)26-17-20(2)28-12-14-29(15-13-28)35(3,30)31/h4-11,16,20,26H,12-15,17-18H2,1-3H3/t20-/m1/s1. The number of hydrogen-bond acceptors (Lipinski definition) is 7. The van der Waals surface area contributed by atoms with Gasteiger partial charge in [0.1, 0.15) is 12.4 Å². The summed E-state index contributed by atoms with van der Waals surface area (Å²) < 4.78 is 59.0. The number of ether oxygens (including phenoxy) is 1. The summed E-state index contributed by atoms with van der Waals surface area (Å²) in [6.07, 6.45) is 1.21. The summed E-state index contributed by atoms with van der Waals surface area (Å²) in [5, 5.41) is 1.03. The second-order valence-corrected chi connectivity index (χ2v) is 12.8. The summed E-state index contributed by atoms with van der Waals surface area (Å²) in [7, 11) is -6.89. The second-order valence-electron chi connectivity index (χ2n) is 9.10. The topological polar surface area (TPSA) is 109 Å². The van der Waals surface area contributed by atoms with Gasteiger partial charge in [-0.15, -0.1) is 0 Å². The largest absolute Gasteiger partial charge is 0.489 e. The predicted molar refractivity (Wildman–Crippen MR) is 140 cm³/mol. The zero-order valence-corrected chi connectivity index (χ0v) is 22.3. The molecule has 11 heteroatoms. The molecular weight excluding hydrogens is 500 g/mol. The Morgan fingerprint density at radius 1 is 1.00 bits per heavy atom. The van der Waals surface area contributed by atoms with E-state index in [0.717, 1.165) is 22.2 Å². The van der Waals surface area contributed by atoms with Gasteiger partial charge >= 0.3 is 0 Å². The fourth-order valence-corrected chi connectivity index (χ4v) is 6.26. The minimum absolute atomic E-state index is 0.0669. The number of nitrogens with zero attached hydrogens (tertiary/aromatic N) is 3. The molecule has 1 N–H and O–H groups in total. The number of para-hydroxylation sites is 1. The van der Waals surface area contributed by atoms with Crippen LogP contribution >= 0.6 is 0 Å². The first-order valence-corrected chi connectivity index (χ1v) is 15.1. The van der Waals surface area contributed by atoms with E-state index in [2.05, 4.69) is 14.6 Å². The normalized spacial score (nSPS) is 16.8. The van der Waals surface area contributed by atoms with E-state index < -0.39 is 20.0 Å². The molecule has 1 aromatic heterocycles. The Bertz CT molecular complexity index is 1420. The number of benzene rings is 2. The predicted octanol–water partition coefficient (Wildman–Crippen LogP) is 2.37. The lowest BCUT2D eigenvalue weighted by Crippen LogP contribution is -2.53. The molecule has 3 aromatic rings. The van der Waals surface area contributed by atoms with E-state index in [1.807, 2.05) is 44.2 Å². The minimum atomic E-state index is -3.69. The Balaban J connectivity index is 1.33. The molecule has 1 fully saturated rings. The van der Waals surface area contributed by atoms with E-state index in [9.17, 15) is 16.8 Å². The maximum Gasteiger partial charge on any atom is 0.240 e. The van der Waals surface area contributed by atoms with E-state index in [4.69, 9.17) is 4.74 Å². The minimum Gasteiger partial charge on any atom is -0.489 e. The molecule has 36 heavy (non-hydrogen) atoms. The summed E-state index contributed by atoms with van der Waals surface area (Å²) in [5.41, 5.74) is 2.84. The van der Waals surface area contributed by atoms with Crippen molar-refractivity contribution in [3.05, 3.63) is 65.9 Å². The van der Waals surface area contributed by atoms with Crippen molar-refractivity contribution in [1.82, 2.24) is 18.9 Å². The Morgan fingerprint density at radius 2 is 1.67 bits per heavy atom. The average molecular weight is 533 g/mol. The van der Waals surface area contributed by atoms with E-state index in [1.54, 1.807) is 12.1 Å². The molecule has 0 saturated carbocycles. The highest BCUT2D eigenvalue weighted by molar-refractivity contribution is 7.89. The molecule has 0 spiro atoms. The lowest BCUT2D eigenvalue weighted by Gasteiger charge is -2.36. The average Bonchev–Trinajstić information content (AvgIpc) is 2.85. The first-order chi connectivity index (χ1) is 17.0. The van der Waals surface area contributed by atoms with Crippen LogP contribution in [0.3, 0.4) is 0 Å². The summed E-state index contributed by atoms with van der Waals surface area (Å²) in [5.74, 6) is 0.574. The Labute approximate surface area is 213 Å². The van der Waals surface area contributed by atoms with Crippen LogP contribution in [0, 0.1) is 6.92 Å². The quantitative estimate of drug-likeness (QED) is 0.451. The third kappa shape index (κ3) is 6.40. The van der Waals surface area contributed by atoms with Crippen LogP contribution < -0.4 is 9.46 Å². The Kier molecular flexibility index (Phi) is 7.96. The van der Waals surface area contributed by atoms with E-state index in [-0.39, 0.29) is 17.5 Å². The number of sulfonamides is 2. The van der Waals surface area contributed by atoms with E-state index in [0.29, 0.717) is 38.5 Å². The summed E-state index contributed by atoms with van der Waals surface area (Å²) in [6, 6.07) is 16.2. The first kappa shape index (κ1) is 26.5. The third-order valence-corrected chi connectivity index (χ3v) is 9.14. The molecular formula is C25H32N4O5S2. The molecule has 2 heterocycles. The van der Waals surface area contributed by atoms with Gasteiger partial charge in [-0.2, -0.15) is 4.31 Å². The van der Waals surface area contributed by atoms with Crippen molar-refractivity contribution in [3.8, 4) is 5.75 Å². The van der Waals surface area contributed by atoms with Crippen LogP contribution in [0.15, 0.2) is 59.5 Å². The Morgan fingerprint density at radius 3 is 2.33 bits per heavy atom. The number of piperazine rings is 1. The lowest BCUT2D eigenvalue weighted by molar-refractivity contribution is 0.147. The van der Waals surface area contributed by atoms with Crippen molar-refractivity contribution < 1.29 is 21.6 Å². The van der Waals surface area contributed by atoms with Gasteiger partial charge in [0.15, 0.2) is 0 Å². The van der Waals surface area contributed by atoms with Crippen LogP contribution in [0.25, 0.3) is 10.9 Å². The number of pyridine rings is 1. The van der Waals surface area contributed by atoms with Crippen molar-refractivity contribution in [2.75, 3.05) is 39.0 Å². The van der Waals surface area contributed by atoms with Gasteiger partial charge in [-0.1, -0.05) is 18.2 Å². The number of nitrogens with one attached hydrogen (secondary N) is 1. The second kappa shape index (κ2) is 10.8. The highest BCUT2D eigenvalue weighted by Gasteiger charge is 2.26. The van der Waals surface area contributed by atoms with Gasteiger partial charge in [-0.25, -0.2) is 21.6 Å². The smallest absolute Gasteiger partial charge is 0.240 e. The van der Waals surface area contributed by atoms with Gasteiger partial charge in [0.05, 0.1) is 16.7 Å². The van der Waals surface area contributed by atoms with Gasteiger partial charge in [-0.05, 0) is 50.2 Å². The molecule has 0 unspecified atom stereocenters. The molecule has 194 valence electrons. The summed E-state index contributed by atoms with van der Waals surface area (Å²) in [6.45, 7) is 6.40. The van der Waals surface area contributed by atoms with Gasteiger partial charge in [0, 0.05) is 55.4 Å². The van der Waals surface area contributed by atoms with Gasteiger partial charge < -0.3 is 4.74 Å². The van der Waals surface area contributed by atoms with E-state index >= 15 is 0 Å². The lowest BCUT2D eigenvalue weighted by atomic mass is 10.1. The van der Waals surface area contributed by atoms with Gasteiger partial charge in [0.2, 0.25) is 20.0 Å². The van der Waals surface area contributed by atoms with Crippen molar-refractivity contribution in [2.24, 2.45) is 0 Å². The maximum absolute atomic E-state index is 12.8. The zero-order valence-electron chi connectivity index (χ0n) is 20.7. The van der Waals surface area contributed by atoms with Crippen LogP contribution in [0.4, 0.5) is 0 Å². The zero-order chi connectivity index (χ0) is 25.9. The van der Waals surface area contributed by atoms with Crippen molar-refractivity contribution >= 4 is 30.9 Å². The van der Waals surface area contributed by atoms with Crippen molar-refractivity contribution in [1.29, 1.82) is 0 Å². The summed E-state index contributed by atoms with van der Waals surface area (Å²) >= 11 is 0. The van der Waals surface area contributed by atoms with Crippen LogP contribution in [-0.2, 0) is 26.7 Å². The van der Waals surface area contributed by atoms with Crippen molar-refractivity contribution in [3.63, 3.8) is 0 Å². The molecule has 4 rings (SSSR count). The molecule has 1 atom stereocenters. The fourth-order valence-electron chi connectivity index (χ4n) is 4.31. The number of hydrogen-bond donors (Lipinski definition) is 1. The number of aryl methyl sites for hydroxylation is 1. The maximum atomic E-state index is 12.8. The molecule has 1 aliphatic rings. The monoisotopic (exact) mass is 532 g/mol. The number of rotatable bonds is 9. The van der Waals surface area contributed by atoms with Crippen molar-refractivity contribution in [2.45, 2.75) is 31.4 Å². The first-order valence-electron chi connectivity index (χ1n) is 11.8. The Hall–Kier alpha value is -2.57. The SMILES string of the molecule is Cc1cc(COc2ccc(S(=O)(=O)NC[C@@H](C)N3CCN(S(C)(=O)=O)CC3)cc2)c2ccccc2n1. The van der Waals surface area contributed by atoms with Gasteiger partial charge in [0.25, 0.3) is 0 Å². The molecule has 2 aromatic carbocycles. The molecule has 0 amide bonds. The van der Waals surface area contributed by atoms with Crippen LogP contribution in [0.2, 0.25) is 0 Å². The van der Waals surface area contributed by atoms with E-state index in [1.165, 1.54) is 22.7 Å². The fraction of sp³-hybridized carbons (Fsp3) is 0.400. The highest BCUT2D eigenvalue weighted by Crippen LogP contribution is 2.22. The highest BCUT2D eigenvalue weighted by atomic mass is 32.2. The molecule has 0 aliphatic carbocycles. The molecule has 0 bridgehead atoms. The van der Waals surface area contributed by atoms with Gasteiger partial charge in [-0.3, -0.25) is 9.88 Å². The van der Waals surface area contributed by atoms with Crippen LogP contribution in [0.5, 0.6) is 5.75 Å². The third-order valence-electron chi connectivity index (χ3n) is 6.39. The van der Waals surface area contributed by atoms with Crippen LogP contribution in [-0.4, -0.2) is 76.0 Å². The molecule has 1 saturated heterocycles. The molecule has 9 nitrogen and oxygen atoms in total. The summed E-state index contributed by atoms with van der Waals surface area (Å²) in [4.78, 5) is 6.79. The number of aromatic nitrogens is 1. The molecule has 0 radical (unpaired) electrons. The number of fused-ring (bicyclic) bond motifs is 1. The van der Waals surface area contributed by atoms with Crippen LogP contribution in [0.1, 0.15) is 18.2 Å². The molecule has 1 aliphatic heterocycles.